The summed E-state index contributed by atoms with van der Waals surface area (Å²) in [6.07, 6.45) is 82.6. The molecule has 0 radical (unpaired) electrons. The van der Waals surface area contributed by atoms with E-state index in [1.807, 2.05) is 0 Å². The van der Waals surface area contributed by atoms with Crippen LogP contribution in [0.25, 0.3) is 0 Å². The van der Waals surface area contributed by atoms with Gasteiger partial charge in [-0.25, -0.2) is 9.13 Å². The van der Waals surface area contributed by atoms with Crippen LogP contribution in [0.15, 0.2) is 170 Å². The maximum Gasteiger partial charge on any atom is 0.472 e. The van der Waals surface area contributed by atoms with Gasteiger partial charge in [-0.2, -0.15) is 0 Å². The van der Waals surface area contributed by atoms with E-state index < -0.39 is 91.5 Å². The molecule has 5 unspecified atom stereocenters. The zero-order valence-electron chi connectivity index (χ0n) is 56.9. The fourth-order valence-corrected chi connectivity index (χ4v) is 9.78. The first-order valence-electron chi connectivity index (χ1n) is 34.4. The van der Waals surface area contributed by atoms with Gasteiger partial charge >= 0.3 is 33.6 Å². The SMILES string of the molecule is CC/C=C\C/C=C\C/C=C\C/C=C\C/C=C\C/C=C\CCCCC(=O)OCC(O)COP(=O)(O)OCC(O)COP(=O)(O)OCC(COC(=O)CCCC/C=C\C/C=C\C/C=C\C/C=C\C/C=C\C/C=C\CC)OC(=O)CCCCCCC/C=C\C/C=C\CCCCC. The molecule has 0 aliphatic carbocycles. The monoisotopic (exact) mass is 1340 g/mol. The summed E-state index contributed by atoms with van der Waals surface area (Å²) in [5.41, 5.74) is 0. The average molecular weight is 1340 g/mol. The van der Waals surface area contributed by atoms with Crippen LogP contribution in [0.2, 0.25) is 0 Å². The summed E-state index contributed by atoms with van der Waals surface area (Å²) in [4.78, 5) is 58.4. The van der Waals surface area contributed by atoms with Crippen LogP contribution in [0.1, 0.15) is 226 Å². The molecule has 0 amide bonds. The molecular formula is C75H120O16P2. The minimum absolute atomic E-state index is 0.0706. The molecule has 16 nitrogen and oxygen atoms in total. The number of unbranched alkanes of at least 4 members (excludes halogenated alkanes) is 12. The molecule has 0 bridgehead atoms. The number of allylic oxidation sites excluding steroid dienone is 28. The van der Waals surface area contributed by atoms with Gasteiger partial charge in [0.05, 0.1) is 26.4 Å². The van der Waals surface area contributed by atoms with Gasteiger partial charge < -0.3 is 34.2 Å². The van der Waals surface area contributed by atoms with Gasteiger partial charge in [0.25, 0.3) is 0 Å². The Labute approximate surface area is 561 Å². The lowest BCUT2D eigenvalue weighted by molar-refractivity contribution is -0.161. The topological polar surface area (TPSA) is 231 Å². The highest BCUT2D eigenvalue weighted by atomic mass is 31.2. The maximum atomic E-state index is 12.9. The van der Waals surface area contributed by atoms with Crippen molar-refractivity contribution in [1.29, 1.82) is 0 Å². The Morgan fingerprint density at radius 1 is 0.312 bits per heavy atom. The minimum atomic E-state index is -4.95. The highest BCUT2D eigenvalue weighted by molar-refractivity contribution is 7.47. The molecule has 0 saturated carbocycles. The van der Waals surface area contributed by atoms with E-state index in [2.05, 4.69) is 191 Å². The van der Waals surface area contributed by atoms with Crippen LogP contribution >= 0.6 is 15.6 Å². The van der Waals surface area contributed by atoms with Gasteiger partial charge in [0.2, 0.25) is 0 Å². The highest BCUT2D eigenvalue weighted by Gasteiger charge is 2.29. The second-order valence-corrected chi connectivity index (χ2v) is 25.1. The van der Waals surface area contributed by atoms with Crippen molar-refractivity contribution in [3.05, 3.63) is 170 Å². The van der Waals surface area contributed by atoms with Crippen molar-refractivity contribution in [1.82, 2.24) is 0 Å². The molecule has 0 spiro atoms. The Bertz CT molecular complexity index is 2370. The number of carbonyl (C=O) groups excluding carboxylic acids is 3. The Morgan fingerprint density at radius 2 is 0.570 bits per heavy atom. The van der Waals surface area contributed by atoms with Crippen molar-refractivity contribution >= 4 is 33.6 Å². The van der Waals surface area contributed by atoms with Crippen LogP contribution in [-0.4, -0.2) is 95.9 Å². The predicted octanol–water partition coefficient (Wildman–Crippen LogP) is 19.3. The second kappa shape index (κ2) is 66.9. The zero-order valence-corrected chi connectivity index (χ0v) is 58.6. The van der Waals surface area contributed by atoms with E-state index in [4.69, 9.17) is 32.3 Å². The third-order valence-electron chi connectivity index (χ3n) is 13.4. The van der Waals surface area contributed by atoms with Crippen LogP contribution in [0.3, 0.4) is 0 Å². The van der Waals surface area contributed by atoms with E-state index in [0.717, 1.165) is 148 Å². The largest absolute Gasteiger partial charge is 0.472 e. The molecule has 0 aliphatic rings. The molecule has 0 aliphatic heterocycles. The summed E-state index contributed by atoms with van der Waals surface area (Å²) in [6, 6.07) is 0. The minimum Gasteiger partial charge on any atom is -0.463 e. The van der Waals surface area contributed by atoms with Gasteiger partial charge in [0.1, 0.15) is 25.4 Å². The standard InChI is InChI=1S/C75H120O16P2/c1-4-7-10-13-16-19-22-25-28-30-32-34-36-38-41-43-46-49-52-55-58-61-73(78)85-64-70(76)65-87-92(81,82)88-66-71(77)67-89-93(83,84)90-69-72(91-75(80)63-60-57-54-51-48-45-40-27-24-21-18-15-12-9-6-3)68-86-74(79)62-59-56-53-50-47-44-42-39-37-35-33-31-29-26-23-20-17-14-11-8-5-2/h7-8,10-11,16-21,25-29,32-35,38-42,46-47,49-50,70-72,76-77H,4-6,9,12-15,22-24,30-31,36-37,43-45,48,51-69H2,1-3H3,(H,81,82)(H,83,84)/b10-7-,11-8-,19-16-,20-17-,21-18-,28-25-,29-26-,34-32-,35-33-,40-27-,41-38-,42-39-,49-46-,50-47-. The Balaban J connectivity index is 4.80. The number of hydrogen-bond acceptors (Lipinski definition) is 14. The number of esters is 3. The number of ether oxygens (including phenoxy) is 3. The molecular weight excluding hydrogens is 1220 g/mol. The predicted molar refractivity (Wildman–Crippen MR) is 380 cm³/mol. The van der Waals surface area contributed by atoms with Crippen LogP contribution < -0.4 is 0 Å². The molecule has 526 valence electrons. The summed E-state index contributed by atoms with van der Waals surface area (Å²) < 4.78 is 60.8. The van der Waals surface area contributed by atoms with E-state index in [9.17, 15) is 43.5 Å². The molecule has 4 N–H and O–H groups in total. The van der Waals surface area contributed by atoms with Gasteiger partial charge in [-0.3, -0.25) is 32.5 Å². The zero-order chi connectivity index (χ0) is 68.1. The van der Waals surface area contributed by atoms with Crippen LogP contribution in [0.4, 0.5) is 0 Å². The van der Waals surface area contributed by atoms with Gasteiger partial charge in [-0.05, 0) is 154 Å². The highest BCUT2D eigenvalue weighted by Crippen LogP contribution is 2.45. The molecule has 0 aromatic heterocycles. The third kappa shape index (κ3) is 68.1. The lowest BCUT2D eigenvalue weighted by Crippen LogP contribution is -2.30. The number of rotatable bonds is 63. The molecule has 0 aromatic carbocycles. The molecule has 5 atom stereocenters. The third-order valence-corrected chi connectivity index (χ3v) is 15.3. The average Bonchev–Trinajstić information content (AvgIpc) is 3.71. The molecule has 0 rings (SSSR count). The molecule has 0 fully saturated rings. The van der Waals surface area contributed by atoms with Crippen molar-refractivity contribution in [2.75, 3.05) is 39.6 Å². The lowest BCUT2D eigenvalue weighted by Gasteiger charge is -2.21. The number of aliphatic hydroxyl groups is 2. The molecule has 0 heterocycles. The first-order valence-corrected chi connectivity index (χ1v) is 37.4. The van der Waals surface area contributed by atoms with Crippen molar-refractivity contribution in [3.8, 4) is 0 Å². The quantitative estimate of drug-likeness (QED) is 0.0146. The molecule has 0 saturated heterocycles. The van der Waals surface area contributed by atoms with E-state index in [1.165, 1.54) is 19.3 Å². The van der Waals surface area contributed by atoms with Crippen molar-refractivity contribution in [2.45, 2.75) is 245 Å². The number of phosphoric ester groups is 2. The van der Waals surface area contributed by atoms with Crippen LogP contribution in [0, 0.1) is 0 Å². The first-order chi connectivity index (χ1) is 45.2. The van der Waals surface area contributed by atoms with Crippen LogP contribution in [0.5, 0.6) is 0 Å². The Kier molecular flexibility index (Phi) is 63.2. The molecule has 0 aromatic rings. The van der Waals surface area contributed by atoms with Gasteiger partial charge in [0, 0.05) is 19.3 Å². The van der Waals surface area contributed by atoms with E-state index in [1.54, 1.807) is 0 Å². The van der Waals surface area contributed by atoms with Crippen LogP contribution in [-0.2, 0) is 55.8 Å². The smallest absolute Gasteiger partial charge is 0.463 e. The number of phosphoric acid groups is 2. The van der Waals surface area contributed by atoms with E-state index >= 15 is 0 Å². The normalized spacial score (nSPS) is 15.2. The van der Waals surface area contributed by atoms with Gasteiger partial charge in [-0.1, -0.05) is 223 Å². The molecule has 93 heavy (non-hydrogen) atoms. The van der Waals surface area contributed by atoms with Crippen molar-refractivity contribution < 1.29 is 75.8 Å². The fraction of sp³-hybridized carbons (Fsp3) is 0.587. The van der Waals surface area contributed by atoms with Gasteiger partial charge in [0.15, 0.2) is 6.10 Å². The van der Waals surface area contributed by atoms with Crippen molar-refractivity contribution in [2.24, 2.45) is 0 Å². The number of carbonyl (C=O) groups is 3. The Morgan fingerprint density at radius 3 is 0.925 bits per heavy atom. The molecule has 18 heteroatoms. The first kappa shape index (κ1) is 87.9. The lowest BCUT2D eigenvalue weighted by atomic mass is 10.1. The number of hydrogen-bond donors (Lipinski definition) is 4. The second-order valence-electron chi connectivity index (χ2n) is 22.2. The summed E-state index contributed by atoms with van der Waals surface area (Å²) in [6.45, 7) is 2.25. The Hall–Kier alpha value is -5.09. The summed E-state index contributed by atoms with van der Waals surface area (Å²) in [7, 11) is -9.82. The summed E-state index contributed by atoms with van der Waals surface area (Å²) >= 11 is 0. The van der Waals surface area contributed by atoms with Crippen molar-refractivity contribution in [3.63, 3.8) is 0 Å². The fourth-order valence-electron chi connectivity index (χ4n) is 8.19. The van der Waals surface area contributed by atoms with Gasteiger partial charge in [-0.15, -0.1) is 0 Å². The van der Waals surface area contributed by atoms with E-state index in [-0.39, 0.29) is 19.3 Å². The van der Waals surface area contributed by atoms with E-state index in [0.29, 0.717) is 19.3 Å². The maximum absolute atomic E-state index is 12.9. The summed E-state index contributed by atoms with van der Waals surface area (Å²) in [5, 5.41) is 20.5. The summed E-state index contributed by atoms with van der Waals surface area (Å²) in [5.74, 6) is -1.70. The number of aliphatic hydroxyl groups excluding tert-OH is 2.